The lowest BCUT2D eigenvalue weighted by Crippen LogP contribution is -2.54. The molecule has 0 aromatic carbocycles. The van der Waals surface area contributed by atoms with Gasteiger partial charge in [-0.25, -0.2) is 0 Å². The van der Waals surface area contributed by atoms with Crippen molar-refractivity contribution in [2.24, 2.45) is 0 Å². The second-order valence-electron chi connectivity index (χ2n) is 4.26. The maximum absolute atomic E-state index is 11.4. The predicted octanol–water partition coefficient (Wildman–Crippen LogP) is 0.132. The van der Waals surface area contributed by atoms with E-state index in [9.17, 15) is 4.79 Å². The second-order valence-corrected chi connectivity index (χ2v) is 5.63. The van der Waals surface area contributed by atoms with Crippen molar-refractivity contribution in [3.05, 3.63) is 0 Å². The van der Waals surface area contributed by atoms with E-state index in [1.165, 1.54) is 0 Å². The average Bonchev–Trinajstić information content (AvgIpc) is 2.18. The number of rotatable bonds is 3. The fourth-order valence-corrected chi connectivity index (χ4v) is 1.84. The van der Waals surface area contributed by atoms with Crippen molar-refractivity contribution in [1.82, 2.24) is 15.1 Å². The van der Waals surface area contributed by atoms with Crippen molar-refractivity contribution in [2.75, 3.05) is 40.3 Å². The molecule has 0 saturated carbocycles. The summed E-state index contributed by atoms with van der Waals surface area (Å²) in [5.74, 6) is 0.0663. The molecule has 1 N–H and O–H groups in total. The van der Waals surface area contributed by atoms with Gasteiger partial charge in [0.2, 0.25) is 5.91 Å². The van der Waals surface area contributed by atoms with Gasteiger partial charge in [0.15, 0.2) is 0 Å². The molecule has 88 valence electrons. The first-order valence-corrected chi connectivity index (χ1v) is 6.23. The molecule has 1 heterocycles. The highest BCUT2D eigenvalue weighted by Gasteiger charge is 2.22. The largest absolute Gasteiger partial charge is 0.354 e. The van der Waals surface area contributed by atoms with Crippen LogP contribution in [0.2, 0.25) is 0 Å². The number of hydrogen-bond donors (Lipinski definition) is 1. The second kappa shape index (κ2) is 5.82. The summed E-state index contributed by atoms with van der Waals surface area (Å²) < 4.78 is 0. The van der Waals surface area contributed by atoms with Gasteiger partial charge in [-0.05, 0) is 21.0 Å². The smallest absolute Gasteiger partial charge is 0.233 e. The number of carbonyl (C=O) groups excluding carboxylic acids is 1. The number of nitrogens with zero attached hydrogens (tertiary/aromatic N) is 2. The zero-order chi connectivity index (χ0) is 11.4. The Labute approximate surface area is 100 Å². The summed E-state index contributed by atoms with van der Waals surface area (Å²) in [6.07, 6.45) is 0. The van der Waals surface area contributed by atoms with Gasteiger partial charge in [-0.15, -0.1) is 0 Å². The molecule has 1 aliphatic heterocycles. The monoisotopic (exact) mass is 277 g/mol. The topological polar surface area (TPSA) is 35.6 Å². The number of hydrogen-bond acceptors (Lipinski definition) is 3. The van der Waals surface area contributed by atoms with Crippen molar-refractivity contribution in [3.63, 3.8) is 0 Å². The highest BCUT2D eigenvalue weighted by molar-refractivity contribution is 9.10. The normalized spacial score (nSPS) is 26.3. The number of likely N-dealkylation sites (N-methyl/N-ethyl adjacent to an activating group) is 2. The molecule has 2 atom stereocenters. The van der Waals surface area contributed by atoms with Crippen LogP contribution in [-0.2, 0) is 4.79 Å². The third-order valence-electron chi connectivity index (χ3n) is 2.85. The molecule has 2 unspecified atom stereocenters. The van der Waals surface area contributed by atoms with Crippen LogP contribution in [0.15, 0.2) is 0 Å². The number of amides is 1. The fourth-order valence-electron chi connectivity index (χ4n) is 1.68. The number of nitrogens with one attached hydrogen (secondary N) is 1. The van der Waals surface area contributed by atoms with Crippen LogP contribution >= 0.6 is 15.9 Å². The summed E-state index contributed by atoms with van der Waals surface area (Å²) in [4.78, 5) is 15.9. The third-order valence-corrected chi connectivity index (χ3v) is 3.27. The first-order valence-electron chi connectivity index (χ1n) is 5.31. The van der Waals surface area contributed by atoms with Gasteiger partial charge in [-0.3, -0.25) is 9.69 Å². The summed E-state index contributed by atoms with van der Waals surface area (Å²) in [6.45, 7) is 5.77. The van der Waals surface area contributed by atoms with Crippen LogP contribution in [0.5, 0.6) is 0 Å². The van der Waals surface area contributed by atoms with Crippen LogP contribution in [0.1, 0.15) is 6.92 Å². The van der Waals surface area contributed by atoms with Crippen molar-refractivity contribution in [3.8, 4) is 0 Å². The van der Waals surface area contributed by atoms with E-state index in [1.54, 1.807) is 0 Å². The molecule has 15 heavy (non-hydrogen) atoms. The minimum absolute atomic E-state index is 0.0663. The molecule has 1 rings (SSSR count). The zero-order valence-electron chi connectivity index (χ0n) is 9.66. The van der Waals surface area contributed by atoms with E-state index in [1.807, 2.05) is 6.92 Å². The Bertz CT molecular complexity index is 223. The summed E-state index contributed by atoms with van der Waals surface area (Å²) >= 11 is 3.26. The molecule has 0 radical (unpaired) electrons. The number of alkyl halides is 1. The molecule has 1 amide bonds. The Morgan fingerprint density at radius 1 is 1.53 bits per heavy atom. The molecule has 0 aromatic rings. The van der Waals surface area contributed by atoms with Gasteiger partial charge in [0.25, 0.3) is 0 Å². The molecule has 1 fully saturated rings. The highest BCUT2D eigenvalue weighted by atomic mass is 79.9. The Morgan fingerprint density at radius 2 is 2.20 bits per heavy atom. The predicted molar refractivity (Wildman–Crippen MR) is 65.3 cm³/mol. The van der Waals surface area contributed by atoms with Crippen LogP contribution in [0, 0.1) is 0 Å². The summed E-state index contributed by atoms with van der Waals surface area (Å²) in [6, 6.07) is 0.430. The van der Waals surface area contributed by atoms with Crippen molar-refractivity contribution in [1.29, 1.82) is 0 Å². The zero-order valence-corrected chi connectivity index (χ0v) is 11.2. The molecule has 0 aliphatic carbocycles. The molecular formula is C10H20BrN3O. The van der Waals surface area contributed by atoms with E-state index >= 15 is 0 Å². The average molecular weight is 278 g/mol. The van der Waals surface area contributed by atoms with Gasteiger partial charge >= 0.3 is 0 Å². The van der Waals surface area contributed by atoms with Gasteiger partial charge in [0, 0.05) is 32.2 Å². The van der Waals surface area contributed by atoms with Gasteiger partial charge in [-0.1, -0.05) is 15.9 Å². The molecule has 1 aliphatic rings. The Morgan fingerprint density at radius 3 is 2.80 bits per heavy atom. The van der Waals surface area contributed by atoms with Crippen molar-refractivity contribution >= 4 is 21.8 Å². The fraction of sp³-hybridized carbons (Fsp3) is 0.900. The van der Waals surface area contributed by atoms with Crippen LogP contribution in [-0.4, -0.2) is 66.9 Å². The Kier molecular flexibility index (Phi) is 5.02. The quantitative estimate of drug-likeness (QED) is 0.746. The highest BCUT2D eigenvalue weighted by Crippen LogP contribution is 2.05. The minimum Gasteiger partial charge on any atom is -0.354 e. The van der Waals surface area contributed by atoms with E-state index in [2.05, 4.69) is 45.1 Å². The minimum atomic E-state index is -0.107. The summed E-state index contributed by atoms with van der Waals surface area (Å²) in [5.41, 5.74) is 0. The molecule has 5 heteroatoms. The van der Waals surface area contributed by atoms with Gasteiger partial charge in [0.05, 0.1) is 4.83 Å². The number of halogens is 1. The van der Waals surface area contributed by atoms with E-state index in [4.69, 9.17) is 0 Å². The standard InChI is InChI=1S/C10H20BrN3O/c1-8(11)10(15)12-6-9-7-13(2)4-5-14(9)3/h8-9H,4-7H2,1-3H3,(H,12,15). The first-order chi connectivity index (χ1) is 7.00. The maximum atomic E-state index is 11.4. The summed E-state index contributed by atoms with van der Waals surface area (Å²) in [7, 11) is 4.23. The molecule has 1 saturated heterocycles. The first kappa shape index (κ1) is 12.9. The van der Waals surface area contributed by atoms with Crippen molar-refractivity contribution in [2.45, 2.75) is 17.8 Å². The van der Waals surface area contributed by atoms with E-state index in [0.717, 1.165) is 26.2 Å². The van der Waals surface area contributed by atoms with E-state index in [-0.39, 0.29) is 10.7 Å². The lowest BCUT2D eigenvalue weighted by Gasteiger charge is -2.37. The molecule has 0 bridgehead atoms. The maximum Gasteiger partial charge on any atom is 0.233 e. The van der Waals surface area contributed by atoms with Crippen LogP contribution in [0.4, 0.5) is 0 Å². The number of carbonyl (C=O) groups is 1. The molecule has 0 spiro atoms. The van der Waals surface area contributed by atoms with E-state index in [0.29, 0.717) is 6.04 Å². The van der Waals surface area contributed by atoms with Gasteiger partial charge in [-0.2, -0.15) is 0 Å². The molecule has 4 nitrogen and oxygen atoms in total. The Balaban J connectivity index is 2.33. The van der Waals surface area contributed by atoms with Gasteiger partial charge < -0.3 is 10.2 Å². The lowest BCUT2D eigenvalue weighted by atomic mass is 10.2. The third kappa shape index (κ3) is 4.09. The van der Waals surface area contributed by atoms with Crippen molar-refractivity contribution < 1.29 is 4.79 Å². The summed E-state index contributed by atoms with van der Waals surface area (Å²) in [5, 5.41) is 2.95. The van der Waals surface area contributed by atoms with Gasteiger partial charge in [0.1, 0.15) is 0 Å². The molecule has 0 aromatic heterocycles. The van der Waals surface area contributed by atoms with Crippen LogP contribution in [0.25, 0.3) is 0 Å². The van der Waals surface area contributed by atoms with E-state index < -0.39 is 0 Å². The number of piperazine rings is 1. The molecular weight excluding hydrogens is 258 g/mol. The Hall–Kier alpha value is -0.130. The SMILES string of the molecule is CC(Br)C(=O)NCC1CN(C)CCN1C. The lowest BCUT2D eigenvalue weighted by molar-refractivity contribution is -0.120. The van der Waals surface area contributed by atoms with Crippen LogP contribution in [0.3, 0.4) is 0 Å². The van der Waals surface area contributed by atoms with Crippen LogP contribution < -0.4 is 5.32 Å².